The van der Waals surface area contributed by atoms with Crippen molar-refractivity contribution in [3.05, 3.63) is 62.3 Å². The number of ether oxygens (including phenoxy) is 2. The molecule has 0 saturated heterocycles. The Morgan fingerprint density at radius 1 is 1.38 bits per heavy atom. The number of methoxy groups -OCH3 is 1. The zero-order chi connectivity index (χ0) is 21.1. The van der Waals surface area contributed by atoms with Crippen LogP contribution >= 0.6 is 11.8 Å². The van der Waals surface area contributed by atoms with Crippen molar-refractivity contribution >= 4 is 34.6 Å². The van der Waals surface area contributed by atoms with Crippen molar-refractivity contribution in [3.63, 3.8) is 0 Å². The Hall–Kier alpha value is -3.14. The van der Waals surface area contributed by atoms with Crippen molar-refractivity contribution in [2.24, 2.45) is 4.99 Å². The van der Waals surface area contributed by atoms with Gasteiger partial charge in [-0.3, -0.25) is 14.9 Å². The molecule has 29 heavy (non-hydrogen) atoms. The maximum Gasteiger partial charge on any atom is 0.338 e. The second-order valence-electron chi connectivity index (χ2n) is 6.22. The van der Waals surface area contributed by atoms with Gasteiger partial charge in [0.15, 0.2) is 5.17 Å². The lowest BCUT2D eigenvalue weighted by atomic mass is 9.93. The maximum absolute atomic E-state index is 12.6. The normalized spacial score (nSPS) is 18.0. The molecule has 0 aromatic heterocycles. The lowest BCUT2D eigenvalue weighted by Gasteiger charge is -2.36. The van der Waals surface area contributed by atoms with Gasteiger partial charge >= 0.3 is 11.9 Å². The van der Waals surface area contributed by atoms with E-state index >= 15 is 0 Å². The number of hydrogen-bond donors (Lipinski definition) is 0. The lowest BCUT2D eigenvalue weighted by molar-refractivity contribution is -0.384. The first-order chi connectivity index (χ1) is 13.9. The number of esters is 2. The Kier molecular flexibility index (Phi) is 6.02. The molecule has 0 fully saturated rings. The number of rotatable bonds is 6. The summed E-state index contributed by atoms with van der Waals surface area (Å²) in [6.07, 6.45) is -0.0151. The average molecular weight is 417 g/mol. The number of fused-ring (bicyclic) bond motifs is 1. The van der Waals surface area contributed by atoms with E-state index in [0.29, 0.717) is 22.1 Å². The molecular weight excluding hydrogens is 398 g/mol. The van der Waals surface area contributed by atoms with Crippen LogP contribution in [0.1, 0.15) is 31.9 Å². The van der Waals surface area contributed by atoms with E-state index in [9.17, 15) is 19.7 Å². The minimum Gasteiger partial charge on any atom is -0.466 e. The fourth-order valence-corrected chi connectivity index (χ4v) is 4.19. The summed E-state index contributed by atoms with van der Waals surface area (Å²) in [5.74, 6) is -1.00. The van der Waals surface area contributed by atoms with Crippen LogP contribution in [0.2, 0.25) is 0 Å². The first kappa shape index (κ1) is 20.6. The number of aliphatic imine (C=N–C) groups is 1. The summed E-state index contributed by atoms with van der Waals surface area (Å²) in [5.41, 5.74) is 1.73. The zero-order valence-corrected chi connectivity index (χ0v) is 16.9. The van der Waals surface area contributed by atoms with Gasteiger partial charge in [-0.2, -0.15) is 0 Å². The third kappa shape index (κ3) is 4.02. The van der Waals surface area contributed by atoms with Crippen molar-refractivity contribution in [1.82, 2.24) is 4.90 Å². The predicted octanol–water partition coefficient (Wildman–Crippen LogP) is 3.30. The molecule has 1 aromatic rings. The summed E-state index contributed by atoms with van der Waals surface area (Å²) in [4.78, 5) is 41.6. The van der Waals surface area contributed by atoms with Crippen molar-refractivity contribution in [3.8, 4) is 0 Å². The summed E-state index contributed by atoms with van der Waals surface area (Å²) >= 11 is 1.31. The number of thioether (sulfide) groups is 1. The summed E-state index contributed by atoms with van der Waals surface area (Å²) in [5, 5.41) is 13.6. The lowest BCUT2D eigenvalue weighted by Crippen LogP contribution is -2.37. The number of non-ortho nitro benzene ring substituents is 1. The third-order valence-corrected chi connectivity index (χ3v) is 5.32. The van der Waals surface area contributed by atoms with E-state index in [1.54, 1.807) is 36.3 Å². The number of hydrogen-bond acceptors (Lipinski definition) is 9. The average Bonchev–Trinajstić information content (AvgIpc) is 3.08. The molecule has 10 heteroatoms. The highest BCUT2D eigenvalue weighted by Gasteiger charge is 2.41. The fourth-order valence-electron chi connectivity index (χ4n) is 3.22. The molecule has 0 amide bonds. The van der Waals surface area contributed by atoms with Gasteiger partial charge in [-0.25, -0.2) is 9.79 Å². The smallest absolute Gasteiger partial charge is 0.338 e. The third-order valence-electron chi connectivity index (χ3n) is 4.43. The molecule has 152 valence electrons. The molecular formula is C19H19N3O6S. The van der Waals surface area contributed by atoms with Gasteiger partial charge in [0.2, 0.25) is 0 Å². The number of benzene rings is 1. The highest BCUT2D eigenvalue weighted by atomic mass is 32.2. The van der Waals surface area contributed by atoms with E-state index < -0.39 is 22.9 Å². The number of carbonyl (C=O) groups excluding carboxylic acids is 2. The Balaban J connectivity index is 2.10. The molecule has 0 aliphatic carbocycles. The van der Waals surface area contributed by atoms with Crippen LogP contribution < -0.4 is 0 Å². The molecule has 0 bridgehead atoms. The van der Waals surface area contributed by atoms with Gasteiger partial charge in [-0.05, 0) is 24.8 Å². The molecule has 0 radical (unpaired) electrons. The Bertz CT molecular complexity index is 968. The molecule has 0 saturated carbocycles. The van der Waals surface area contributed by atoms with Gasteiger partial charge in [-0.15, -0.1) is 0 Å². The standard InChI is InChI=1S/C19H19N3O6S/c1-4-28-15(23)9-14-10-29-19-20-11(2)16(18(24)27-3)17(21(14)19)12-6-5-7-13(8-12)22(25)26/h5-8,10,17H,4,9H2,1-3H3/t17-/m0/s1. The van der Waals surface area contributed by atoms with E-state index in [2.05, 4.69) is 4.99 Å². The number of carbonyl (C=O) groups is 2. The first-order valence-corrected chi connectivity index (χ1v) is 9.68. The largest absolute Gasteiger partial charge is 0.466 e. The van der Waals surface area contributed by atoms with Gasteiger partial charge in [0, 0.05) is 17.8 Å². The number of allylic oxidation sites excluding steroid dienone is 1. The molecule has 0 N–H and O–H groups in total. The van der Waals surface area contributed by atoms with Gasteiger partial charge in [0.1, 0.15) is 0 Å². The molecule has 3 rings (SSSR count). The van der Waals surface area contributed by atoms with Crippen LogP contribution in [-0.4, -0.2) is 40.6 Å². The van der Waals surface area contributed by atoms with Crippen LogP contribution in [0.15, 0.2) is 51.6 Å². The van der Waals surface area contributed by atoms with Crippen molar-refractivity contribution in [2.45, 2.75) is 26.3 Å². The molecule has 2 aliphatic rings. The SMILES string of the molecule is CCOC(=O)CC1=CSC2=NC(C)=C(C(=O)OC)[C@H](c3cccc([N+](=O)[O-])c3)N12. The number of nitrogens with zero attached hydrogens (tertiary/aromatic N) is 3. The quantitative estimate of drug-likeness (QED) is 0.394. The number of amidine groups is 1. The van der Waals surface area contributed by atoms with E-state index in [-0.39, 0.29) is 24.3 Å². The molecule has 2 heterocycles. The summed E-state index contributed by atoms with van der Waals surface area (Å²) in [7, 11) is 1.26. The summed E-state index contributed by atoms with van der Waals surface area (Å²) in [6.45, 7) is 3.66. The summed E-state index contributed by atoms with van der Waals surface area (Å²) < 4.78 is 9.99. The van der Waals surface area contributed by atoms with Gasteiger partial charge in [0.05, 0.1) is 42.4 Å². The van der Waals surface area contributed by atoms with Crippen LogP contribution in [0.25, 0.3) is 0 Å². The second kappa shape index (κ2) is 8.48. The molecule has 9 nitrogen and oxygen atoms in total. The highest BCUT2D eigenvalue weighted by molar-refractivity contribution is 8.16. The predicted molar refractivity (Wildman–Crippen MR) is 107 cm³/mol. The topological polar surface area (TPSA) is 111 Å². The molecule has 1 aromatic carbocycles. The zero-order valence-electron chi connectivity index (χ0n) is 16.1. The first-order valence-electron chi connectivity index (χ1n) is 8.80. The number of nitro groups is 1. The molecule has 1 atom stereocenters. The minimum absolute atomic E-state index is 0.0151. The van der Waals surface area contributed by atoms with Crippen LogP contribution in [-0.2, 0) is 19.1 Å². The second-order valence-corrected chi connectivity index (χ2v) is 7.06. The molecule has 0 unspecified atom stereocenters. The van der Waals surface area contributed by atoms with Gasteiger partial charge in [-0.1, -0.05) is 23.9 Å². The van der Waals surface area contributed by atoms with E-state index in [1.807, 2.05) is 0 Å². The van der Waals surface area contributed by atoms with Crippen LogP contribution in [0.3, 0.4) is 0 Å². The highest BCUT2D eigenvalue weighted by Crippen LogP contribution is 2.45. The molecule has 2 aliphatic heterocycles. The number of nitro benzene ring substituents is 1. The minimum atomic E-state index is -0.717. The van der Waals surface area contributed by atoms with E-state index in [1.165, 1.54) is 31.0 Å². The van der Waals surface area contributed by atoms with Crippen molar-refractivity contribution < 1.29 is 24.0 Å². The Morgan fingerprint density at radius 2 is 2.14 bits per heavy atom. The molecule has 0 spiro atoms. The fraction of sp³-hybridized carbons (Fsp3) is 0.316. The van der Waals surface area contributed by atoms with Crippen LogP contribution in [0, 0.1) is 10.1 Å². The van der Waals surface area contributed by atoms with Gasteiger partial charge in [0.25, 0.3) is 5.69 Å². The van der Waals surface area contributed by atoms with Crippen LogP contribution in [0.5, 0.6) is 0 Å². The Morgan fingerprint density at radius 3 is 2.79 bits per heavy atom. The maximum atomic E-state index is 12.6. The van der Waals surface area contributed by atoms with Crippen LogP contribution in [0.4, 0.5) is 5.69 Å². The Labute approximate surface area is 171 Å². The van der Waals surface area contributed by atoms with Gasteiger partial charge < -0.3 is 14.4 Å². The van der Waals surface area contributed by atoms with E-state index in [4.69, 9.17) is 9.47 Å². The monoisotopic (exact) mass is 417 g/mol. The van der Waals surface area contributed by atoms with E-state index in [0.717, 1.165) is 0 Å². The van der Waals surface area contributed by atoms with Crippen molar-refractivity contribution in [1.29, 1.82) is 0 Å². The van der Waals surface area contributed by atoms with Crippen molar-refractivity contribution in [2.75, 3.05) is 13.7 Å². The summed E-state index contributed by atoms with van der Waals surface area (Å²) in [6, 6.07) is 5.33.